The molecule has 5 aliphatic heterocycles. The second kappa shape index (κ2) is 31.9. The molecule has 31 nitrogen and oxygen atoms in total. The van der Waals surface area contributed by atoms with E-state index < -0.39 is 211 Å². The third kappa shape index (κ3) is 15.5. The largest absolute Gasteiger partial charge is 0.480 e. The number of hydrogen-bond donors (Lipinski definition) is 18. The molecule has 0 spiro atoms. The van der Waals surface area contributed by atoms with Gasteiger partial charge in [0.2, 0.25) is 11.8 Å². The molecule has 2 amide bonds. The number of rotatable bonds is 24. The fraction of sp³-hybridized carbons (Fsp3) is 0.862. The summed E-state index contributed by atoms with van der Waals surface area (Å²) in [5, 5.41) is 179. The lowest BCUT2D eigenvalue weighted by Crippen LogP contribution is -2.70. The molecule has 4 aliphatic carbocycles. The van der Waals surface area contributed by atoms with Gasteiger partial charge in [-0.3, -0.25) is 9.59 Å². The van der Waals surface area contributed by atoms with E-state index in [1.807, 2.05) is 30.3 Å². The molecular formula is C65H102N2O29. The van der Waals surface area contributed by atoms with Crippen molar-refractivity contribution in [1.82, 2.24) is 10.6 Å². The maximum absolute atomic E-state index is 13.2. The molecule has 35 atom stereocenters. The zero-order valence-corrected chi connectivity index (χ0v) is 54.4. The molecule has 5 heterocycles. The topological polar surface area (TPSA) is 491 Å². The maximum Gasteiger partial charge on any atom is 0.326 e. The summed E-state index contributed by atoms with van der Waals surface area (Å²) >= 11 is 0. The Balaban J connectivity index is 0.760. The number of hydrogen-bond acceptors (Lipinski definition) is 28. The van der Waals surface area contributed by atoms with Crippen LogP contribution in [-0.4, -0.2) is 298 Å². The SMILES string of the molecule is CC(=O)N[C@H]1[C@H](O[C@H]2[C@H](O)[C@@H](O)[C@H](O[C@@H]3CC[C@@]4(C)[C@H](CC[C@@H]5[C@@H]4CC[C@]4(C)[C@@H]([C@H](C)CCC(=O)N[C@@H](Cc6ccccc6)C(=O)O)CC[C@@H]54)C3)O[C@@H]2CO)O[C@H](CO)[C@@H](O[C@@H]2O[C@H](CO[C@H]3O[C@H](CO)[C@@H](O)[C@H](O)[C@@H]3O)[C@@H](O)[C@H](O[C@H]3O[C@H](CO)[C@@H](O)[C@H](O)[C@@H]3O)[C@@H]2O)[C@@H]1O. The first-order valence-corrected chi connectivity index (χ1v) is 33.9. The molecule has 10 rings (SSSR count). The summed E-state index contributed by atoms with van der Waals surface area (Å²) in [5.74, 6) is 0.405. The molecule has 0 unspecified atom stereocenters. The number of aliphatic hydroxyl groups excluding tert-OH is 15. The molecule has 0 bridgehead atoms. The molecule has 5 saturated heterocycles. The average Bonchev–Trinajstić information content (AvgIpc) is 1.46. The molecule has 9 aliphatic rings. The number of benzene rings is 1. The van der Waals surface area contributed by atoms with Gasteiger partial charge in [0.25, 0.3) is 0 Å². The second-order valence-electron chi connectivity index (χ2n) is 28.8. The van der Waals surface area contributed by atoms with E-state index in [-0.39, 0.29) is 41.4 Å². The minimum atomic E-state index is -2.19. The molecule has 31 heteroatoms. The molecule has 9 fully saturated rings. The predicted molar refractivity (Wildman–Crippen MR) is 324 cm³/mol. The van der Waals surface area contributed by atoms with Crippen LogP contribution in [0.1, 0.15) is 104 Å². The third-order valence-electron chi connectivity index (χ3n) is 23.1. The molecule has 0 aromatic heterocycles. The summed E-state index contributed by atoms with van der Waals surface area (Å²) < 4.78 is 59.4. The van der Waals surface area contributed by atoms with Gasteiger partial charge in [0, 0.05) is 19.8 Å². The Labute approximate surface area is 555 Å². The summed E-state index contributed by atoms with van der Waals surface area (Å²) in [5.41, 5.74) is 0.945. The van der Waals surface area contributed by atoms with Crippen molar-refractivity contribution in [2.75, 3.05) is 33.0 Å². The Hall–Kier alpha value is -3.37. The van der Waals surface area contributed by atoms with Gasteiger partial charge in [-0.05, 0) is 116 Å². The van der Waals surface area contributed by atoms with Gasteiger partial charge in [-0.15, -0.1) is 0 Å². The molecular weight excluding hydrogens is 1270 g/mol. The number of aliphatic carboxylic acids is 1. The van der Waals surface area contributed by atoms with Crippen LogP contribution in [-0.2, 0) is 68.2 Å². The van der Waals surface area contributed by atoms with Crippen LogP contribution < -0.4 is 10.6 Å². The van der Waals surface area contributed by atoms with Crippen molar-refractivity contribution in [1.29, 1.82) is 0 Å². The highest BCUT2D eigenvalue weighted by Crippen LogP contribution is 2.68. The molecule has 18 N–H and O–H groups in total. The van der Waals surface area contributed by atoms with Crippen LogP contribution in [0.15, 0.2) is 30.3 Å². The lowest BCUT2D eigenvalue weighted by Gasteiger charge is -2.61. The van der Waals surface area contributed by atoms with E-state index in [0.717, 1.165) is 57.4 Å². The Morgan fingerprint density at radius 2 is 1.08 bits per heavy atom. The summed E-state index contributed by atoms with van der Waals surface area (Å²) in [6, 6.07) is 6.54. The molecule has 546 valence electrons. The van der Waals surface area contributed by atoms with Crippen LogP contribution in [0.2, 0.25) is 0 Å². The highest BCUT2D eigenvalue weighted by atomic mass is 16.8. The Kier molecular flexibility index (Phi) is 25.0. The predicted octanol–water partition coefficient (Wildman–Crippen LogP) is -4.50. The van der Waals surface area contributed by atoms with Gasteiger partial charge in [-0.25, -0.2) is 4.79 Å². The van der Waals surface area contributed by atoms with Crippen LogP contribution in [0, 0.1) is 46.3 Å². The van der Waals surface area contributed by atoms with E-state index in [0.29, 0.717) is 42.9 Å². The van der Waals surface area contributed by atoms with Gasteiger partial charge in [0.15, 0.2) is 31.5 Å². The monoisotopic (exact) mass is 1370 g/mol. The van der Waals surface area contributed by atoms with Crippen LogP contribution >= 0.6 is 0 Å². The van der Waals surface area contributed by atoms with Crippen LogP contribution in [0.3, 0.4) is 0 Å². The minimum absolute atomic E-state index is 0.00726. The van der Waals surface area contributed by atoms with Gasteiger partial charge in [0.05, 0.1) is 39.1 Å². The first-order chi connectivity index (χ1) is 45.7. The quantitative estimate of drug-likeness (QED) is 0.0434. The van der Waals surface area contributed by atoms with Crippen molar-refractivity contribution in [2.45, 2.75) is 270 Å². The number of carboxylic acids is 1. The standard InChI is InChI=1S/C65H102N2O29/c1-27(10-15-42(73)67-36(58(85)86)20-29-8-6-5-7-9-29)33-13-14-34-32-12-11-30-21-31(16-18-64(30,3)35(32)17-19-65(33,34)4)88-61-53(83)50(80)56(40(25-71)92-61)94-59-43(66-28(2)72)47(77)55(39(24-70)91-59)95-63-54(84)57(96-62-52(82)49(79)45(75)38(23-69)90-62)46(76)41(93-63)26-87-60-51(81)48(78)44(74)37(22-68)89-60/h5-9,27,30-41,43-57,59-63,68-71,74-84H,10-26H2,1-4H3,(H,66,72)(H,67,73)(H,85,86)/t27-,30-,31-,32+,33-,34+,35+,36+,37-,38-,39-,40-,41-,43-,44-,45-,46-,47-,48+,49+,50-,51+,52+,53-,54+,55-,56-,57+,59+,60+,61-,62-,63+,64+,65-/m1/s1. The normalized spacial score (nSPS) is 47.1. The van der Waals surface area contributed by atoms with Gasteiger partial charge in [-0.2, -0.15) is 0 Å². The second-order valence-corrected chi connectivity index (χ2v) is 28.8. The van der Waals surface area contributed by atoms with Crippen LogP contribution in [0.5, 0.6) is 0 Å². The number of carboxylic acid groups (broad SMARTS) is 1. The van der Waals surface area contributed by atoms with Crippen molar-refractivity contribution in [3.8, 4) is 0 Å². The zero-order chi connectivity index (χ0) is 69.4. The first kappa shape index (κ1) is 75.3. The van der Waals surface area contributed by atoms with E-state index in [1.165, 1.54) is 0 Å². The van der Waals surface area contributed by atoms with Crippen molar-refractivity contribution < 1.29 is 143 Å². The Bertz CT molecular complexity index is 2690. The van der Waals surface area contributed by atoms with E-state index >= 15 is 0 Å². The first-order valence-electron chi connectivity index (χ1n) is 33.9. The molecule has 0 radical (unpaired) electrons. The lowest BCUT2D eigenvalue weighted by molar-refractivity contribution is -0.386. The van der Waals surface area contributed by atoms with Gasteiger partial charge in [-0.1, -0.05) is 51.1 Å². The summed E-state index contributed by atoms with van der Waals surface area (Å²) in [6.07, 6.45) is -34.6. The van der Waals surface area contributed by atoms with E-state index in [4.69, 9.17) is 47.4 Å². The number of carbonyl (C=O) groups excluding carboxylic acids is 2. The fourth-order valence-corrected chi connectivity index (χ4v) is 17.8. The van der Waals surface area contributed by atoms with Gasteiger partial charge >= 0.3 is 5.97 Å². The highest BCUT2D eigenvalue weighted by molar-refractivity contribution is 5.83. The third-order valence-corrected chi connectivity index (χ3v) is 23.1. The van der Waals surface area contributed by atoms with Crippen molar-refractivity contribution >= 4 is 17.8 Å². The maximum atomic E-state index is 13.2. The average molecular weight is 1380 g/mol. The van der Waals surface area contributed by atoms with Gasteiger partial charge < -0.3 is 140 Å². The van der Waals surface area contributed by atoms with E-state index in [2.05, 4.69) is 31.4 Å². The van der Waals surface area contributed by atoms with Gasteiger partial charge in [0.1, 0.15) is 128 Å². The number of carbonyl (C=O) groups is 3. The fourth-order valence-electron chi connectivity index (χ4n) is 17.8. The molecule has 4 saturated carbocycles. The highest BCUT2D eigenvalue weighted by Gasteiger charge is 2.62. The van der Waals surface area contributed by atoms with Crippen molar-refractivity contribution in [3.05, 3.63) is 35.9 Å². The zero-order valence-electron chi connectivity index (χ0n) is 54.4. The summed E-state index contributed by atoms with van der Waals surface area (Å²) in [4.78, 5) is 38.2. The molecule has 96 heavy (non-hydrogen) atoms. The van der Waals surface area contributed by atoms with E-state index in [1.54, 1.807) is 0 Å². The van der Waals surface area contributed by atoms with Crippen molar-refractivity contribution in [2.24, 2.45) is 46.3 Å². The van der Waals surface area contributed by atoms with Crippen molar-refractivity contribution in [3.63, 3.8) is 0 Å². The Morgan fingerprint density at radius 3 is 1.72 bits per heavy atom. The summed E-state index contributed by atoms with van der Waals surface area (Å²) in [7, 11) is 0. The number of nitrogens with one attached hydrogen (secondary N) is 2. The number of amides is 2. The number of ether oxygens (including phenoxy) is 10. The number of fused-ring (bicyclic) bond motifs is 5. The van der Waals surface area contributed by atoms with E-state index in [9.17, 15) is 96.1 Å². The molecule has 1 aromatic rings. The van der Waals surface area contributed by atoms with Crippen LogP contribution in [0.4, 0.5) is 0 Å². The Morgan fingerprint density at radius 1 is 0.552 bits per heavy atom. The minimum Gasteiger partial charge on any atom is -0.480 e. The summed E-state index contributed by atoms with van der Waals surface area (Å²) in [6.45, 7) is 3.81. The van der Waals surface area contributed by atoms with Crippen LogP contribution in [0.25, 0.3) is 0 Å². The smallest absolute Gasteiger partial charge is 0.326 e. The lowest BCUT2D eigenvalue weighted by atomic mass is 9.44. The number of aliphatic hydroxyl groups is 15. The molecule has 1 aromatic carbocycles.